The van der Waals surface area contributed by atoms with Gasteiger partial charge in [-0.15, -0.1) is 5.10 Å². The summed E-state index contributed by atoms with van der Waals surface area (Å²) in [5, 5.41) is 7.26. The molecule has 0 radical (unpaired) electrons. The van der Waals surface area contributed by atoms with Gasteiger partial charge in [-0.1, -0.05) is 6.58 Å². The number of hydrogen-bond acceptors (Lipinski definition) is 3. The molecule has 2 aromatic heterocycles. The van der Waals surface area contributed by atoms with Crippen molar-refractivity contribution in [3.63, 3.8) is 0 Å². The zero-order chi connectivity index (χ0) is 9.26. The molecule has 0 unspecified atom stereocenters. The van der Waals surface area contributed by atoms with E-state index in [1.54, 1.807) is 16.8 Å². The Balaban J connectivity index is 2.71. The minimum absolute atomic E-state index is 0.814. The number of fused-ring (bicyclic) bond motifs is 1. The lowest BCUT2D eigenvalue weighted by molar-refractivity contribution is 0.929. The van der Waals surface area contributed by atoms with Gasteiger partial charge in [0.25, 0.3) is 0 Å². The molecular weight excluding hydrogens is 164 g/mol. The average molecular weight is 174 g/mol. The van der Waals surface area contributed by atoms with E-state index in [0.29, 0.717) is 0 Å². The fraction of sp³-hybridized carbons (Fsp3) is 0.111. The minimum Gasteiger partial charge on any atom is -0.372 e. The van der Waals surface area contributed by atoms with Crippen molar-refractivity contribution < 1.29 is 0 Å². The molecule has 0 bridgehead atoms. The van der Waals surface area contributed by atoms with Gasteiger partial charge in [0.05, 0.1) is 11.9 Å². The first kappa shape index (κ1) is 7.79. The molecule has 4 heteroatoms. The summed E-state index contributed by atoms with van der Waals surface area (Å²) in [6.07, 6.45) is 3.47. The fourth-order valence-electron chi connectivity index (χ4n) is 1.16. The lowest BCUT2D eigenvalue weighted by atomic mass is 10.5. The van der Waals surface area contributed by atoms with Crippen molar-refractivity contribution in [2.24, 2.45) is 0 Å². The Morgan fingerprint density at radius 2 is 2.38 bits per heavy atom. The normalized spacial score (nSPS) is 10.2. The Bertz CT molecular complexity index is 444. The van der Waals surface area contributed by atoms with Crippen LogP contribution in [0.5, 0.6) is 0 Å². The van der Waals surface area contributed by atoms with Crippen LogP contribution >= 0.6 is 0 Å². The van der Waals surface area contributed by atoms with Crippen LogP contribution in [-0.2, 0) is 0 Å². The van der Waals surface area contributed by atoms with Crippen LogP contribution in [0, 0.1) is 0 Å². The van der Waals surface area contributed by atoms with Crippen LogP contribution in [-0.4, -0.2) is 21.6 Å². The predicted molar refractivity (Wildman–Crippen MR) is 52.6 cm³/mol. The Labute approximate surface area is 75.9 Å². The Kier molecular flexibility index (Phi) is 1.73. The van der Waals surface area contributed by atoms with Gasteiger partial charge in [-0.05, 0) is 18.2 Å². The third-order valence-corrected chi connectivity index (χ3v) is 1.85. The van der Waals surface area contributed by atoms with E-state index in [1.165, 1.54) is 0 Å². The summed E-state index contributed by atoms with van der Waals surface area (Å²) in [4.78, 5) is 4.17. The molecule has 0 saturated carbocycles. The van der Waals surface area contributed by atoms with E-state index in [2.05, 4.69) is 22.0 Å². The van der Waals surface area contributed by atoms with Crippen molar-refractivity contribution in [2.75, 3.05) is 12.4 Å². The smallest absolute Gasteiger partial charge is 0.154 e. The molecule has 0 aliphatic heterocycles. The summed E-state index contributed by atoms with van der Waals surface area (Å²) >= 11 is 0. The fourth-order valence-corrected chi connectivity index (χ4v) is 1.16. The molecule has 4 nitrogen and oxygen atoms in total. The second-order valence-corrected chi connectivity index (χ2v) is 2.63. The molecule has 13 heavy (non-hydrogen) atoms. The van der Waals surface area contributed by atoms with Crippen LogP contribution in [0.1, 0.15) is 5.69 Å². The van der Waals surface area contributed by atoms with Crippen molar-refractivity contribution in [3.05, 3.63) is 30.6 Å². The monoisotopic (exact) mass is 174 g/mol. The highest BCUT2D eigenvalue weighted by atomic mass is 15.3. The SMILES string of the molecule is C=Cc1cnc2ccc(NC)nn12. The topological polar surface area (TPSA) is 42.2 Å². The molecule has 2 heterocycles. The van der Waals surface area contributed by atoms with E-state index < -0.39 is 0 Å². The Hall–Kier alpha value is -1.84. The third-order valence-electron chi connectivity index (χ3n) is 1.85. The van der Waals surface area contributed by atoms with Crippen molar-refractivity contribution in [1.29, 1.82) is 0 Å². The van der Waals surface area contributed by atoms with Gasteiger partial charge in [0.2, 0.25) is 0 Å². The molecule has 0 amide bonds. The lowest BCUT2D eigenvalue weighted by Crippen LogP contribution is -1.99. The van der Waals surface area contributed by atoms with Gasteiger partial charge in [0.1, 0.15) is 5.82 Å². The van der Waals surface area contributed by atoms with Gasteiger partial charge in [-0.2, -0.15) is 0 Å². The zero-order valence-corrected chi connectivity index (χ0v) is 7.36. The molecule has 0 aromatic carbocycles. The summed E-state index contributed by atoms with van der Waals surface area (Å²) in [5.41, 5.74) is 1.72. The highest BCUT2D eigenvalue weighted by Gasteiger charge is 2.00. The van der Waals surface area contributed by atoms with Crippen LogP contribution in [0.4, 0.5) is 5.82 Å². The highest BCUT2D eigenvalue weighted by Crippen LogP contribution is 2.08. The Morgan fingerprint density at radius 1 is 1.54 bits per heavy atom. The van der Waals surface area contributed by atoms with Crippen LogP contribution in [0.25, 0.3) is 11.7 Å². The number of nitrogens with one attached hydrogen (secondary N) is 1. The van der Waals surface area contributed by atoms with E-state index in [4.69, 9.17) is 0 Å². The number of hydrogen-bond donors (Lipinski definition) is 1. The summed E-state index contributed by atoms with van der Waals surface area (Å²) in [7, 11) is 1.83. The quantitative estimate of drug-likeness (QED) is 0.748. The average Bonchev–Trinajstić information content (AvgIpc) is 2.59. The summed E-state index contributed by atoms with van der Waals surface area (Å²) in [6.45, 7) is 3.69. The maximum Gasteiger partial charge on any atom is 0.154 e. The van der Waals surface area contributed by atoms with Gasteiger partial charge in [0.15, 0.2) is 5.65 Å². The molecule has 0 atom stereocenters. The standard InChI is InChI=1S/C9H10N4/c1-3-7-6-11-9-5-4-8(10-2)12-13(7)9/h3-6H,1H2,2H3,(H,10,12). The first-order chi connectivity index (χ1) is 6.35. The maximum atomic E-state index is 4.30. The van der Waals surface area contributed by atoms with E-state index >= 15 is 0 Å². The van der Waals surface area contributed by atoms with E-state index in [0.717, 1.165) is 17.2 Å². The van der Waals surface area contributed by atoms with Gasteiger partial charge in [0, 0.05) is 7.05 Å². The molecule has 0 saturated heterocycles. The van der Waals surface area contributed by atoms with Gasteiger partial charge in [-0.3, -0.25) is 0 Å². The molecule has 2 rings (SSSR count). The zero-order valence-electron chi connectivity index (χ0n) is 7.36. The second kappa shape index (κ2) is 2.90. The molecule has 0 spiro atoms. The number of rotatable bonds is 2. The molecule has 0 aliphatic rings. The van der Waals surface area contributed by atoms with Crippen molar-refractivity contribution in [2.45, 2.75) is 0 Å². The molecule has 1 N–H and O–H groups in total. The van der Waals surface area contributed by atoms with Crippen LogP contribution in [0.15, 0.2) is 24.9 Å². The third kappa shape index (κ3) is 1.16. The van der Waals surface area contributed by atoms with Crippen molar-refractivity contribution in [3.8, 4) is 0 Å². The largest absolute Gasteiger partial charge is 0.372 e. The maximum absolute atomic E-state index is 4.30. The minimum atomic E-state index is 0.814. The first-order valence-corrected chi connectivity index (χ1v) is 4.00. The van der Waals surface area contributed by atoms with Crippen molar-refractivity contribution in [1.82, 2.24) is 14.6 Å². The van der Waals surface area contributed by atoms with E-state index in [-0.39, 0.29) is 0 Å². The summed E-state index contributed by atoms with van der Waals surface area (Å²) in [5.74, 6) is 0.814. The molecule has 66 valence electrons. The number of nitrogens with zero attached hydrogens (tertiary/aromatic N) is 3. The second-order valence-electron chi connectivity index (χ2n) is 2.63. The van der Waals surface area contributed by atoms with E-state index in [9.17, 15) is 0 Å². The lowest BCUT2D eigenvalue weighted by Gasteiger charge is -1.99. The molecular formula is C9H10N4. The van der Waals surface area contributed by atoms with E-state index in [1.807, 2.05) is 19.2 Å². The van der Waals surface area contributed by atoms with Gasteiger partial charge in [-0.25, -0.2) is 9.50 Å². The summed E-state index contributed by atoms with van der Waals surface area (Å²) in [6, 6.07) is 3.79. The van der Waals surface area contributed by atoms with Gasteiger partial charge < -0.3 is 5.32 Å². The van der Waals surface area contributed by atoms with Crippen LogP contribution in [0.2, 0.25) is 0 Å². The highest BCUT2D eigenvalue weighted by molar-refractivity contribution is 5.51. The van der Waals surface area contributed by atoms with Crippen LogP contribution < -0.4 is 5.32 Å². The summed E-state index contributed by atoms with van der Waals surface area (Å²) < 4.78 is 1.75. The molecule has 2 aromatic rings. The first-order valence-electron chi connectivity index (χ1n) is 4.00. The predicted octanol–water partition coefficient (Wildman–Crippen LogP) is 1.41. The number of anilines is 1. The van der Waals surface area contributed by atoms with Gasteiger partial charge >= 0.3 is 0 Å². The van der Waals surface area contributed by atoms with Crippen LogP contribution in [0.3, 0.4) is 0 Å². The van der Waals surface area contributed by atoms with Crippen molar-refractivity contribution >= 4 is 17.5 Å². The number of aromatic nitrogens is 3. The Morgan fingerprint density at radius 3 is 3.08 bits per heavy atom. The molecule has 0 fully saturated rings. The number of imidazole rings is 1. The molecule has 0 aliphatic carbocycles.